The zero-order chi connectivity index (χ0) is 19.6. The molecule has 1 saturated heterocycles. The lowest BCUT2D eigenvalue weighted by molar-refractivity contribution is -0.136. The third kappa shape index (κ3) is 6.56. The molecule has 152 valence electrons. The summed E-state index contributed by atoms with van der Waals surface area (Å²) in [6.07, 6.45) is 7.69. The van der Waals surface area contributed by atoms with E-state index >= 15 is 0 Å². The number of aromatic nitrogens is 2. The van der Waals surface area contributed by atoms with Gasteiger partial charge in [0.25, 0.3) is 0 Å². The number of carbonyl (C=O) groups is 1. The van der Waals surface area contributed by atoms with Crippen molar-refractivity contribution in [2.24, 2.45) is 10.9 Å². The number of hydrogen-bond acceptors (Lipinski definition) is 3. The van der Waals surface area contributed by atoms with E-state index in [1.54, 1.807) is 0 Å². The van der Waals surface area contributed by atoms with E-state index in [0.29, 0.717) is 18.5 Å². The fraction of sp³-hybridized carbons (Fsp3) is 0.750. The van der Waals surface area contributed by atoms with Gasteiger partial charge in [0.15, 0.2) is 5.96 Å². The van der Waals surface area contributed by atoms with Gasteiger partial charge in [0.2, 0.25) is 5.91 Å². The van der Waals surface area contributed by atoms with Crippen LogP contribution in [0.1, 0.15) is 52.0 Å². The molecular formula is C20H36N6O. The number of nitrogens with zero attached hydrogens (tertiary/aromatic N) is 4. The van der Waals surface area contributed by atoms with Gasteiger partial charge in [-0.15, -0.1) is 0 Å². The van der Waals surface area contributed by atoms with E-state index in [2.05, 4.69) is 41.5 Å². The number of likely N-dealkylation sites (tertiary alicyclic amines) is 1. The molecule has 0 radical (unpaired) electrons. The van der Waals surface area contributed by atoms with Crippen LogP contribution in [0, 0.1) is 12.8 Å². The SMILES string of the molecule is CCNC(=NCCn1cc(C)cn1)NC1CCN(C(=O)C(CC)CC)CC1. The summed E-state index contributed by atoms with van der Waals surface area (Å²) in [7, 11) is 0. The van der Waals surface area contributed by atoms with Crippen LogP contribution in [-0.2, 0) is 11.3 Å². The molecule has 2 rings (SSSR count). The Bertz CT molecular complexity index is 599. The maximum atomic E-state index is 12.5. The first-order chi connectivity index (χ1) is 13.1. The Morgan fingerprint density at radius 3 is 2.56 bits per heavy atom. The third-order valence-corrected chi connectivity index (χ3v) is 5.19. The van der Waals surface area contributed by atoms with Gasteiger partial charge in [-0.25, -0.2) is 0 Å². The minimum absolute atomic E-state index is 0.180. The highest BCUT2D eigenvalue weighted by molar-refractivity contribution is 5.80. The van der Waals surface area contributed by atoms with E-state index in [-0.39, 0.29) is 5.92 Å². The molecule has 1 aromatic heterocycles. The van der Waals surface area contributed by atoms with Gasteiger partial charge in [-0.3, -0.25) is 14.5 Å². The Kier molecular flexibility index (Phi) is 8.61. The molecule has 2 heterocycles. The first-order valence-electron chi connectivity index (χ1n) is 10.4. The molecule has 0 aromatic carbocycles. The molecule has 0 aliphatic carbocycles. The molecule has 0 atom stereocenters. The molecule has 0 spiro atoms. The molecule has 7 heteroatoms. The number of carbonyl (C=O) groups excluding carboxylic acids is 1. The summed E-state index contributed by atoms with van der Waals surface area (Å²) in [6, 6.07) is 0.362. The molecular weight excluding hydrogens is 340 g/mol. The normalized spacial score (nSPS) is 16.0. The van der Waals surface area contributed by atoms with Crippen molar-refractivity contribution in [2.45, 2.75) is 66.0 Å². The van der Waals surface area contributed by atoms with Crippen LogP contribution in [0.4, 0.5) is 0 Å². The van der Waals surface area contributed by atoms with Crippen LogP contribution in [0.3, 0.4) is 0 Å². The van der Waals surface area contributed by atoms with E-state index < -0.39 is 0 Å². The lowest BCUT2D eigenvalue weighted by atomic mass is 9.98. The van der Waals surface area contributed by atoms with Gasteiger partial charge in [0, 0.05) is 37.8 Å². The Hall–Kier alpha value is -2.05. The first-order valence-corrected chi connectivity index (χ1v) is 10.4. The van der Waals surface area contributed by atoms with E-state index in [9.17, 15) is 4.79 Å². The third-order valence-electron chi connectivity index (χ3n) is 5.19. The standard InChI is InChI=1S/C20H36N6O/c1-5-17(6-2)19(27)25-11-8-18(9-12-25)24-20(21-7-3)22-10-13-26-15-16(4)14-23-26/h14-15,17-18H,5-13H2,1-4H3,(H2,21,22,24). The summed E-state index contributed by atoms with van der Waals surface area (Å²) in [5, 5.41) is 11.2. The molecule has 27 heavy (non-hydrogen) atoms. The Morgan fingerprint density at radius 2 is 2.00 bits per heavy atom. The summed E-state index contributed by atoms with van der Waals surface area (Å²) >= 11 is 0. The van der Waals surface area contributed by atoms with Gasteiger partial charge in [0.1, 0.15) is 0 Å². The second kappa shape index (κ2) is 10.9. The van der Waals surface area contributed by atoms with Crippen molar-refractivity contribution in [1.29, 1.82) is 0 Å². The summed E-state index contributed by atoms with van der Waals surface area (Å²) < 4.78 is 1.92. The molecule has 1 aromatic rings. The predicted octanol–water partition coefficient (Wildman–Crippen LogP) is 2.17. The average molecular weight is 377 g/mol. The van der Waals surface area contributed by atoms with E-state index in [1.807, 2.05) is 28.9 Å². The van der Waals surface area contributed by atoms with Crippen LogP contribution in [0.25, 0.3) is 0 Å². The van der Waals surface area contributed by atoms with Crippen molar-refractivity contribution in [3.05, 3.63) is 18.0 Å². The van der Waals surface area contributed by atoms with Gasteiger partial charge in [-0.1, -0.05) is 13.8 Å². The summed E-state index contributed by atoms with van der Waals surface area (Å²) in [6.45, 7) is 12.3. The fourth-order valence-corrected chi connectivity index (χ4v) is 3.51. The van der Waals surface area contributed by atoms with Crippen molar-refractivity contribution in [3.63, 3.8) is 0 Å². The van der Waals surface area contributed by atoms with Crippen molar-refractivity contribution < 1.29 is 4.79 Å². The number of guanidine groups is 1. The van der Waals surface area contributed by atoms with Gasteiger partial charge >= 0.3 is 0 Å². The molecule has 7 nitrogen and oxygen atoms in total. The zero-order valence-corrected chi connectivity index (χ0v) is 17.4. The van der Waals surface area contributed by atoms with Gasteiger partial charge < -0.3 is 15.5 Å². The lowest BCUT2D eigenvalue weighted by Crippen LogP contribution is -2.50. The second-order valence-corrected chi connectivity index (χ2v) is 7.30. The van der Waals surface area contributed by atoms with Crippen LogP contribution < -0.4 is 10.6 Å². The van der Waals surface area contributed by atoms with Crippen molar-refractivity contribution >= 4 is 11.9 Å². The van der Waals surface area contributed by atoms with Crippen LogP contribution in [-0.4, -0.2) is 58.8 Å². The monoisotopic (exact) mass is 376 g/mol. The fourth-order valence-electron chi connectivity index (χ4n) is 3.51. The topological polar surface area (TPSA) is 74.6 Å². The Balaban J connectivity index is 1.81. The zero-order valence-electron chi connectivity index (χ0n) is 17.4. The van der Waals surface area contributed by atoms with E-state index in [0.717, 1.165) is 57.8 Å². The van der Waals surface area contributed by atoms with Crippen molar-refractivity contribution in [2.75, 3.05) is 26.2 Å². The highest BCUT2D eigenvalue weighted by Gasteiger charge is 2.26. The Morgan fingerprint density at radius 1 is 1.30 bits per heavy atom. The van der Waals surface area contributed by atoms with Crippen molar-refractivity contribution in [3.8, 4) is 0 Å². The molecule has 1 aliphatic rings. The largest absolute Gasteiger partial charge is 0.357 e. The predicted molar refractivity (Wildman–Crippen MR) is 110 cm³/mol. The second-order valence-electron chi connectivity index (χ2n) is 7.30. The summed E-state index contributed by atoms with van der Waals surface area (Å²) in [5.74, 6) is 1.36. The number of amides is 1. The average Bonchev–Trinajstić information content (AvgIpc) is 3.08. The maximum Gasteiger partial charge on any atom is 0.225 e. The molecule has 0 bridgehead atoms. The minimum atomic E-state index is 0.180. The number of aryl methyl sites for hydroxylation is 1. The molecule has 1 fully saturated rings. The van der Waals surface area contributed by atoms with Crippen LogP contribution >= 0.6 is 0 Å². The lowest BCUT2D eigenvalue weighted by Gasteiger charge is -2.34. The van der Waals surface area contributed by atoms with Gasteiger partial charge in [0.05, 0.1) is 19.3 Å². The molecule has 1 amide bonds. The highest BCUT2D eigenvalue weighted by Crippen LogP contribution is 2.17. The Labute approximate surface area is 163 Å². The number of piperidine rings is 1. The number of aliphatic imine (C=N–C) groups is 1. The summed E-state index contributed by atoms with van der Waals surface area (Å²) in [4.78, 5) is 19.2. The quantitative estimate of drug-likeness (QED) is 0.539. The molecule has 1 aliphatic heterocycles. The van der Waals surface area contributed by atoms with E-state index in [1.165, 1.54) is 5.56 Å². The van der Waals surface area contributed by atoms with Crippen LogP contribution in [0.5, 0.6) is 0 Å². The molecule has 0 saturated carbocycles. The number of rotatable bonds is 8. The molecule has 2 N–H and O–H groups in total. The number of hydrogen-bond donors (Lipinski definition) is 2. The van der Waals surface area contributed by atoms with Gasteiger partial charge in [-0.2, -0.15) is 5.10 Å². The first kappa shape index (κ1) is 21.3. The summed E-state index contributed by atoms with van der Waals surface area (Å²) in [5.41, 5.74) is 1.17. The van der Waals surface area contributed by atoms with Crippen molar-refractivity contribution in [1.82, 2.24) is 25.3 Å². The van der Waals surface area contributed by atoms with Gasteiger partial charge in [-0.05, 0) is 45.1 Å². The van der Waals surface area contributed by atoms with Crippen LogP contribution in [0.2, 0.25) is 0 Å². The minimum Gasteiger partial charge on any atom is -0.357 e. The number of nitrogens with one attached hydrogen (secondary N) is 2. The molecule has 0 unspecified atom stereocenters. The van der Waals surface area contributed by atoms with E-state index in [4.69, 9.17) is 0 Å². The maximum absolute atomic E-state index is 12.5. The van der Waals surface area contributed by atoms with Crippen LogP contribution in [0.15, 0.2) is 17.4 Å². The smallest absolute Gasteiger partial charge is 0.225 e. The highest BCUT2D eigenvalue weighted by atomic mass is 16.2.